The average Bonchev–Trinajstić information content (AvgIpc) is 3.55. The van der Waals surface area contributed by atoms with E-state index in [0.29, 0.717) is 33.8 Å². The standard InChI is InChI=1S/C36H31ClF2N4O3/c1-46-35(45)16-22-9-12-30-24-6-4-5-23(17-24)29(7-2-3-8-34(44)42-33(30)15-22)32-14-10-25(19-40-32)31-18-27(37)11-13-28(31)26-20-41-43(21-26)36(38)39/h4-6,9-15,17-21,29,36H,2-3,7-8,16H2,1H3,(H,42,44). The average molecular weight is 641 g/mol. The van der Waals surface area contributed by atoms with Crippen LogP contribution in [0.4, 0.5) is 14.5 Å². The van der Waals surface area contributed by atoms with E-state index in [9.17, 15) is 18.4 Å². The van der Waals surface area contributed by atoms with Crippen LogP contribution >= 0.6 is 11.6 Å². The second-order valence-corrected chi connectivity index (χ2v) is 11.7. The fourth-order valence-corrected chi connectivity index (χ4v) is 6.08. The van der Waals surface area contributed by atoms with Gasteiger partial charge in [0.05, 0.1) is 19.7 Å². The highest BCUT2D eigenvalue weighted by atomic mass is 35.5. The first-order chi connectivity index (χ1) is 22.3. The molecule has 0 fully saturated rings. The minimum absolute atomic E-state index is 0.0263. The molecule has 7 nitrogen and oxygen atoms in total. The summed E-state index contributed by atoms with van der Waals surface area (Å²) in [5.74, 6) is -0.456. The normalized spacial score (nSPS) is 15.0. The molecule has 6 rings (SSSR count). The molecule has 0 saturated carbocycles. The number of hydrogen-bond donors (Lipinski definition) is 1. The van der Waals surface area contributed by atoms with Crippen LogP contribution < -0.4 is 5.32 Å². The van der Waals surface area contributed by atoms with Crippen LogP contribution in [-0.4, -0.2) is 33.8 Å². The van der Waals surface area contributed by atoms with E-state index in [0.717, 1.165) is 57.5 Å². The van der Waals surface area contributed by atoms with Crippen LogP contribution in [0.25, 0.3) is 33.4 Å². The highest BCUT2D eigenvalue weighted by Crippen LogP contribution is 2.38. The predicted octanol–water partition coefficient (Wildman–Crippen LogP) is 8.69. The number of ether oxygens (including phenoxy) is 1. The van der Waals surface area contributed by atoms with Crippen molar-refractivity contribution in [3.05, 3.63) is 113 Å². The van der Waals surface area contributed by atoms with Crippen LogP contribution in [0, 0.1) is 0 Å². The zero-order valence-electron chi connectivity index (χ0n) is 25.1. The molecule has 10 heteroatoms. The molecule has 234 valence electrons. The molecule has 1 unspecified atom stereocenters. The molecule has 1 N–H and O–H groups in total. The van der Waals surface area contributed by atoms with E-state index in [2.05, 4.69) is 22.5 Å². The molecule has 1 aliphatic rings. The zero-order chi connectivity index (χ0) is 32.2. The van der Waals surface area contributed by atoms with Crippen molar-refractivity contribution in [1.29, 1.82) is 0 Å². The number of benzene rings is 3. The highest BCUT2D eigenvalue weighted by molar-refractivity contribution is 6.31. The van der Waals surface area contributed by atoms with Crippen molar-refractivity contribution in [3.8, 4) is 33.4 Å². The Morgan fingerprint density at radius 2 is 1.83 bits per heavy atom. The summed E-state index contributed by atoms with van der Waals surface area (Å²) in [6.45, 7) is -2.73. The lowest BCUT2D eigenvalue weighted by Crippen LogP contribution is -2.14. The van der Waals surface area contributed by atoms with Gasteiger partial charge in [0.25, 0.3) is 0 Å². The summed E-state index contributed by atoms with van der Waals surface area (Å²) in [5, 5.41) is 7.36. The van der Waals surface area contributed by atoms with Crippen molar-refractivity contribution < 1.29 is 23.1 Å². The number of amides is 1. The van der Waals surface area contributed by atoms with Crippen LogP contribution in [0.5, 0.6) is 0 Å². The molecule has 5 aromatic rings. The van der Waals surface area contributed by atoms with Gasteiger partial charge in [-0.3, -0.25) is 14.6 Å². The van der Waals surface area contributed by atoms with Gasteiger partial charge in [-0.2, -0.15) is 13.9 Å². The summed E-state index contributed by atoms with van der Waals surface area (Å²) in [5.41, 5.74) is 7.99. The second-order valence-electron chi connectivity index (χ2n) is 11.3. The minimum atomic E-state index is -2.73. The van der Waals surface area contributed by atoms with Crippen molar-refractivity contribution in [3.63, 3.8) is 0 Å². The number of anilines is 1. The van der Waals surface area contributed by atoms with Crippen LogP contribution in [0.15, 0.2) is 91.4 Å². The van der Waals surface area contributed by atoms with Gasteiger partial charge in [0, 0.05) is 57.8 Å². The molecule has 3 heterocycles. The Kier molecular flexibility index (Phi) is 9.21. The third-order valence-corrected chi connectivity index (χ3v) is 8.46. The third kappa shape index (κ3) is 6.84. The van der Waals surface area contributed by atoms with Crippen molar-refractivity contribution in [2.75, 3.05) is 12.4 Å². The molecular formula is C36H31ClF2N4O3. The number of halogens is 3. The Morgan fingerprint density at radius 1 is 0.978 bits per heavy atom. The molecule has 2 bridgehead atoms. The highest BCUT2D eigenvalue weighted by Gasteiger charge is 2.20. The molecule has 46 heavy (non-hydrogen) atoms. The molecule has 0 spiro atoms. The zero-order valence-corrected chi connectivity index (χ0v) is 25.8. The summed E-state index contributed by atoms with van der Waals surface area (Å²) in [4.78, 5) is 29.7. The van der Waals surface area contributed by atoms with E-state index in [-0.39, 0.29) is 24.2 Å². The Hall–Kier alpha value is -4.89. The number of carbonyl (C=O) groups excluding carboxylic acids is 2. The van der Waals surface area contributed by atoms with Gasteiger partial charge in [0.15, 0.2) is 0 Å². The van der Waals surface area contributed by atoms with Gasteiger partial charge < -0.3 is 10.1 Å². The lowest BCUT2D eigenvalue weighted by Gasteiger charge is -2.21. The smallest absolute Gasteiger partial charge is 0.333 e. The summed E-state index contributed by atoms with van der Waals surface area (Å²) in [6.07, 6.45) is 7.30. The van der Waals surface area contributed by atoms with Gasteiger partial charge in [-0.05, 0) is 64.9 Å². The lowest BCUT2D eigenvalue weighted by atomic mass is 9.87. The van der Waals surface area contributed by atoms with E-state index >= 15 is 0 Å². The predicted molar refractivity (Wildman–Crippen MR) is 174 cm³/mol. The maximum absolute atomic E-state index is 13.2. The number of fused-ring (bicyclic) bond motifs is 4. The van der Waals surface area contributed by atoms with Gasteiger partial charge in [-0.1, -0.05) is 66.6 Å². The lowest BCUT2D eigenvalue weighted by molar-refractivity contribution is -0.139. The summed E-state index contributed by atoms with van der Waals surface area (Å²) in [6, 6.07) is 23.1. The van der Waals surface area contributed by atoms with Gasteiger partial charge >= 0.3 is 12.5 Å². The summed E-state index contributed by atoms with van der Waals surface area (Å²) >= 11 is 6.36. The van der Waals surface area contributed by atoms with E-state index in [1.54, 1.807) is 24.4 Å². The quantitative estimate of drug-likeness (QED) is 0.188. The number of pyridine rings is 1. The SMILES string of the molecule is COC(=O)Cc1ccc2c(c1)NC(=O)CCCCC(c1ccc(-c3cc(Cl)ccc3-c3cnn(C(F)F)c3)cn1)c1cccc-2c1. The topological polar surface area (TPSA) is 86.1 Å². The first kappa shape index (κ1) is 31.1. The van der Waals surface area contributed by atoms with E-state index in [4.69, 9.17) is 21.3 Å². The maximum Gasteiger partial charge on any atom is 0.333 e. The summed E-state index contributed by atoms with van der Waals surface area (Å²) < 4.78 is 31.9. The van der Waals surface area contributed by atoms with Crippen LogP contribution in [0.3, 0.4) is 0 Å². The number of nitrogens with one attached hydrogen (secondary N) is 1. The molecule has 0 saturated heterocycles. The number of alkyl halides is 2. The van der Waals surface area contributed by atoms with E-state index < -0.39 is 6.55 Å². The van der Waals surface area contributed by atoms with Gasteiger partial charge in [0.2, 0.25) is 5.91 Å². The van der Waals surface area contributed by atoms with Gasteiger partial charge in [-0.25, -0.2) is 4.68 Å². The molecular weight excluding hydrogens is 610 g/mol. The number of carbonyl (C=O) groups is 2. The molecule has 2 aromatic heterocycles. The van der Waals surface area contributed by atoms with Gasteiger partial charge in [0.1, 0.15) is 0 Å². The fourth-order valence-electron chi connectivity index (χ4n) is 5.91. The van der Waals surface area contributed by atoms with Gasteiger partial charge in [-0.15, -0.1) is 0 Å². The minimum Gasteiger partial charge on any atom is -0.469 e. The largest absolute Gasteiger partial charge is 0.469 e. The van der Waals surface area contributed by atoms with Crippen molar-refractivity contribution in [1.82, 2.24) is 14.8 Å². The monoisotopic (exact) mass is 640 g/mol. The Balaban J connectivity index is 1.35. The van der Waals surface area contributed by atoms with Crippen molar-refractivity contribution >= 4 is 29.2 Å². The molecule has 1 amide bonds. The van der Waals surface area contributed by atoms with E-state index in [1.807, 2.05) is 42.5 Å². The van der Waals surface area contributed by atoms with E-state index in [1.165, 1.54) is 19.5 Å². The Bertz CT molecular complexity index is 1890. The van der Waals surface area contributed by atoms with Crippen LogP contribution in [0.2, 0.25) is 5.02 Å². The van der Waals surface area contributed by atoms with Crippen LogP contribution in [0.1, 0.15) is 55.0 Å². The number of hydrogen-bond acceptors (Lipinski definition) is 5. The number of methoxy groups -OCH3 is 1. The van der Waals surface area contributed by atoms with Crippen molar-refractivity contribution in [2.24, 2.45) is 0 Å². The maximum atomic E-state index is 13.2. The molecule has 1 aliphatic heterocycles. The number of nitrogens with zero attached hydrogens (tertiary/aromatic N) is 3. The molecule has 0 aliphatic carbocycles. The number of esters is 1. The van der Waals surface area contributed by atoms with Crippen molar-refractivity contribution in [2.45, 2.75) is 44.6 Å². The van der Waals surface area contributed by atoms with Crippen LogP contribution in [-0.2, 0) is 20.7 Å². The number of rotatable bonds is 6. The molecule has 0 radical (unpaired) electrons. The third-order valence-electron chi connectivity index (χ3n) is 8.23. The first-order valence-electron chi connectivity index (χ1n) is 15.0. The fraction of sp³-hybridized carbons (Fsp3) is 0.222. The Labute approximate surface area is 270 Å². The first-order valence-corrected chi connectivity index (χ1v) is 15.4. The molecule has 1 atom stereocenters. The second kappa shape index (κ2) is 13.6. The summed E-state index contributed by atoms with van der Waals surface area (Å²) in [7, 11) is 1.35. The number of aromatic nitrogens is 3. The Morgan fingerprint density at radius 3 is 2.59 bits per heavy atom. The molecule has 3 aromatic carbocycles.